The Morgan fingerprint density at radius 1 is 1.14 bits per heavy atom. The van der Waals surface area contributed by atoms with Gasteiger partial charge in [0.15, 0.2) is 0 Å². The van der Waals surface area contributed by atoms with Gasteiger partial charge in [-0.05, 0) is 46.3 Å². The summed E-state index contributed by atoms with van der Waals surface area (Å²) >= 11 is 6.54. The molecule has 0 spiro atoms. The van der Waals surface area contributed by atoms with Crippen LogP contribution in [0.5, 0.6) is 0 Å². The first kappa shape index (κ1) is 20.5. The molecule has 0 radical (unpaired) electrons. The minimum atomic E-state index is -0.663. The van der Waals surface area contributed by atoms with Gasteiger partial charge in [0.2, 0.25) is 0 Å². The number of furan rings is 1. The molecule has 3 aromatic rings. The lowest BCUT2D eigenvalue weighted by Crippen LogP contribution is -2.13. The lowest BCUT2D eigenvalue weighted by molar-refractivity contribution is -0.384. The summed E-state index contributed by atoms with van der Waals surface area (Å²) in [5.74, 6) is 0.278. The van der Waals surface area contributed by atoms with Gasteiger partial charge in [-0.2, -0.15) is 5.26 Å². The molecule has 7 nitrogen and oxygen atoms in total. The van der Waals surface area contributed by atoms with Crippen molar-refractivity contribution >= 4 is 55.2 Å². The SMILES string of the molecule is N#CC(=Cc1ccc(-c2ccc(Br)cc2)o1)C(=O)Nc1ccc([N+](=O)[O-])cc1Br. The molecule has 0 unspecified atom stereocenters. The van der Waals surface area contributed by atoms with Crippen LogP contribution in [0, 0.1) is 21.4 Å². The highest BCUT2D eigenvalue weighted by Crippen LogP contribution is 2.28. The summed E-state index contributed by atoms with van der Waals surface area (Å²) in [4.78, 5) is 22.7. The second kappa shape index (κ2) is 8.86. The van der Waals surface area contributed by atoms with Crippen molar-refractivity contribution in [2.45, 2.75) is 0 Å². The maximum atomic E-state index is 12.4. The summed E-state index contributed by atoms with van der Waals surface area (Å²) in [5, 5.41) is 22.7. The van der Waals surface area contributed by atoms with Crippen LogP contribution in [0.15, 0.2) is 73.5 Å². The lowest BCUT2D eigenvalue weighted by atomic mass is 10.2. The maximum Gasteiger partial charge on any atom is 0.270 e. The van der Waals surface area contributed by atoms with Crippen molar-refractivity contribution in [3.63, 3.8) is 0 Å². The van der Waals surface area contributed by atoms with E-state index in [9.17, 15) is 20.2 Å². The van der Waals surface area contributed by atoms with E-state index in [2.05, 4.69) is 37.2 Å². The van der Waals surface area contributed by atoms with Crippen LogP contribution in [0.1, 0.15) is 5.76 Å². The fourth-order valence-electron chi connectivity index (χ4n) is 2.40. The number of nitriles is 1. The summed E-state index contributed by atoms with van der Waals surface area (Å²) in [6, 6.07) is 16.7. The number of halogens is 2. The van der Waals surface area contributed by atoms with Crippen molar-refractivity contribution in [3.8, 4) is 17.4 Å². The molecular weight excluding hydrogens is 506 g/mol. The summed E-state index contributed by atoms with van der Waals surface area (Å²) < 4.78 is 6.97. The average molecular weight is 517 g/mol. The summed E-state index contributed by atoms with van der Waals surface area (Å²) in [6.07, 6.45) is 1.33. The molecule has 0 atom stereocenters. The Morgan fingerprint density at radius 2 is 1.86 bits per heavy atom. The molecule has 0 saturated heterocycles. The Morgan fingerprint density at radius 3 is 2.48 bits per heavy atom. The van der Waals surface area contributed by atoms with Gasteiger partial charge in [0.25, 0.3) is 11.6 Å². The normalized spacial score (nSPS) is 11.0. The van der Waals surface area contributed by atoms with Crippen molar-refractivity contribution in [2.24, 2.45) is 0 Å². The van der Waals surface area contributed by atoms with Crippen LogP contribution in [0.4, 0.5) is 11.4 Å². The van der Waals surface area contributed by atoms with Crippen molar-refractivity contribution in [1.82, 2.24) is 0 Å². The van der Waals surface area contributed by atoms with Crippen LogP contribution in [0.25, 0.3) is 17.4 Å². The van der Waals surface area contributed by atoms with Crippen LogP contribution >= 0.6 is 31.9 Å². The number of nitro groups is 1. The first-order valence-electron chi connectivity index (χ1n) is 8.10. The Labute approximate surface area is 182 Å². The fraction of sp³-hybridized carbons (Fsp3) is 0. The molecule has 29 heavy (non-hydrogen) atoms. The van der Waals surface area contributed by atoms with Gasteiger partial charge in [-0.3, -0.25) is 14.9 Å². The number of anilines is 1. The van der Waals surface area contributed by atoms with Gasteiger partial charge in [0.1, 0.15) is 23.2 Å². The number of carbonyl (C=O) groups is 1. The maximum absolute atomic E-state index is 12.4. The molecular formula is C20H11Br2N3O4. The number of nitro benzene ring substituents is 1. The molecule has 1 N–H and O–H groups in total. The van der Waals surface area contributed by atoms with E-state index in [1.165, 1.54) is 24.3 Å². The quantitative estimate of drug-likeness (QED) is 0.196. The summed E-state index contributed by atoms with van der Waals surface area (Å²) in [7, 11) is 0. The Kier molecular flexibility index (Phi) is 6.26. The molecule has 0 bridgehead atoms. The zero-order valence-corrected chi connectivity index (χ0v) is 17.7. The van der Waals surface area contributed by atoms with E-state index in [0.29, 0.717) is 21.7 Å². The van der Waals surface area contributed by atoms with Crippen LogP contribution < -0.4 is 5.32 Å². The first-order chi connectivity index (χ1) is 13.9. The number of hydrogen-bond donors (Lipinski definition) is 1. The van der Waals surface area contributed by atoms with Crippen molar-refractivity contribution in [1.29, 1.82) is 5.26 Å². The van der Waals surface area contributed by atoms with Crippen LogP contribution in [-0.4, -0.2) is 10.8 Å². The molecule has 144 valence electrons. The molecule has 3 rings (SSSR count). The van der Waals surface area contributed by atoms with Crippen molar-refractivity contribution < 1.29 is 14.1 Å². The van der Waals surface area contributed by atoms with Gasteiger partial charge in [-0.25, -0.2) is 0 Å². The molecule has 9 heteroatoms. The molecule has 1 aromatic heterocycles. The first-order valence-corrected chi connectivity index (χ1v) is 9.69. The van der Waals surface area contributed by atoms with Crippen LogP contribution in [-0.2, 0) is 4.79 Å². The summed E-state index contributed by atoms with van der Waals surface area (Å²) in [6.45, 7) is 0. The number of carbonyl (C=O) groups excluding carboxylic acids is 1. The number of non-ortho nitro benzene ring substituents is 1. The average Bonchev–Trinajstić information content (AvgIpc) is 3.16. The van der Waals surface area contributed by atoms with Gasteiger partial charge >= 0.3 is 0 Å². The molecule has 2 aromatic carbocycles. The van der Waals surface area contributed by atoms with E-state index in [0.717, 1.165) is 10.0 Å². The number of nitrogens with zero attached hydrogens (tertiary/aromatic N) is 2. The minimum absolute atomic E-state index is 0.123. The highest BCUT2D eigenvalue weighted by molar-refractivity contribution is 9.10. The zero-order chi connectivity index (χ0) is 21.0. The Bertz CT molecular complexity index is 1160. The van der Waals surface area contributed by atoms with E-state index in [-0.39, 0.29) is 11.3 Å². The summed E-state index contributed by atoms with van der Waals surface area (Å²) in [5.41, 5.74) is 0.858. The Balaban J connectivity index is 1.80. The number of benzene rings is 2. The number of hydrogen-bond acceptors (Lipinski definition) is 5. The standard InChI is InChI=1S/C20H11Br2N3O4/c21-14-3-1-12(2-4-14)19-8-6-16(29-19)9-13(11-23)20(26)24-18-7-5-15(25(27)28)10-17(18)22/h1-10H,(H,24,26). The topological polar surface area (TPSA) is 109 Å². The molecule has 0 saturated carbocycles. The third-order valence-corrected chi connectivity index (χ3v) is 5.00. The van der Waals surface area contributed by atoms with Gasteiger partial charge in [-0.15, -0.1) is 0 Å². The number of amides is 1. The minimum Gasteiger partial charge on any atom is -0.457 e. The lowest BCUT2D eigenvalue weighted by Gasteiger charge is -2.06. The molecule has 0 fully saturated rings. The highest BCUT2D eigenvalue weighted by Gasteiger charge is 2.15. The van der Waals surface area contributed by atoms with E-state index in [1.807, 2.05) is 30.3 Å². The smallest absolute Gasteiger partial charge is 0.270 e. The van der Waals surface area contributed by atoms with Gasteiger partial charge in [-0.1, -0.05) is 28.1 Å². The van der Waals surface area contributed by atoms with E-state index in [1.54, 1.807) is 12.1 Å². The predicted molar refractivity (Wildman–Crippen MR) is 115 cm³/mol. The largest absolute Gasteiger partial charge is 0.457 e. The monoisotopic (exact) mass is 515 g/mol. The zero-order valence-electron chi connectivity index (χ0n) is 14.6. The second-order valence-corrected chi connectivity index (χ2v) is 7.52. The number of rotatable bonds is 5. The van der Waals surface area contributed by atoms with Gasteiger partial charge < -0.3 is 9.73 Å². The van der Waals surface area contributed by atoms with E-state index < -0.39 is 10.8 Å². The molecule has 0 aliphatic rings. The number of nitrogens with one attached hydrogen (secondary N) is 1. The van der Waals surface area contributed by atoms with E-state index in [4.69, 9.17) is 4.42 Å². The Hall–Kier alpha value is -3.22. The van der Waals surface area contributed by atoms with Crippen molar-refractivity contribution in [2.75, 3.05) is 5.32 Å². The fourth-order valence-corrected chi connectivity index (χ4v) is 3.13. The van der Waals surface area contributed by atoms with Gasteiger partial charge in [0, 0.05) is 32.7 Å². The van der Waals surface area contributed by atoms with Gasteiger partial charge in [0.05, 0.1) is 10.6 Å². The van der Waals surface area contributed by atoms with Crippen LogP contribution in [0.2, 0.25) is 0 Å². The predicted octanol–water partition coefficient (Wildman–Crippen LogP) is 5.93. The molecule has 1 amide bonds. The van der Waals surface area contributed by atoms with Crippen molar-refractivity contribution in [3.05, 3.63) is 85.0 Å². The third-order valence-electron chi connectivity index (χ3n) is 3.82. The molecule has 1 heterocycles. The molecule has 0 aliphatic heterocycles. The van der Waals surface area contributed by atoms with E-state index >= 15 is 0 Å². The molecule has 0 aliphatic carbocycles. The third kappa shape index (κ3) is 4.99. The highest BCUT2D eigenvalue weighted by atomic mass is 79.9. The van der Waals surface area contributed by atoms with Crippen LogP contribution in [0.3, 0.4) is 0 Å². The second-order valence-electron chi connectivity index (χ2n) is 5.75.